The van der Waals surface area contributed by atoms with Crippen molar-refractivity contribution in [1.82, 2.24) is 0 Å². The molecule has 0 saturated heterocycles. The second kappa shape index (κ2) is 4.04. The van der Waals surface area contributed by atoms with Crippen molar-refractivity contribution in [2.24, 2.45) is 0 Å². The van der Waals surface area contributed by atoms with Crippen LogP contribution < -0.4 is 0 Å². The fraction of sp³-hybridized carbons (Fsp3) is 0. The van der Waals surface area contributed by atoms with Gasteiger partial charge >= 0.3 is 11.9 Å². The first-order chi connectivity index (χ1) is 6.15. The predicted molar refractivity (Wildman–Crippen MR) is 47.7 cm³/mol. The molecule has 0 saturated carbocycles. The molecule has 0 aliphatic rings. The third-order valence-electron chi connectivity index (χ3n) is 1.44. The summed E-state index contributed by atoms with van der Waals surface area (Å²) < 4.78 is 4.26. The van der Waals surface area contributed by atoms with Gasteiger partial charge in [-0.2, -0.15) is 0 Å². The van der Waals surface area contributed by atoms with E-state index in [-0.39, 0.29) is 5.56 Å². The topological polar surface area (TPSA) is 63.6 Å². The van der Waals surface area contributed by atoms with Gasteiger partial charge in [0.25, 0.3) is 0 Å². The van der Waals surface area contributed by atoms with E-state index in [9.17, 15) is 9.59 Å². The lowest BCUT2D eigenvalue weighted by Gasteiger charge is -1.97. The molecule has 0 spiro atoms. The number of benzene rings is 1. The van der Waals surface area contributed by atoms with E-state index in [1.165, 1.54) is 24.3 Å². The van der Waals surface area contributed by atoms with Crippen LogP contribution in [0.15, 0.2) is 24.3 Å². The van der Waals surface area contributed by atoms with E-state index in [4.69, 9.17) is 5.11 Å². The fourth-order valence-corrected chi connectivity index (χ4v) is 0.980. The Kier molecular flexibility index (Phi) is 3.02. The monoisotopic (exact) mass is 244 g/mol. The molecule has 0 radical (unpaired) electrons. The molecule has 5 heteroatoms. The minimum Gasteiger partial charge on any atom is -0.478 e. The molecule has 0 fully saturated rings. The summed E-state index contributed by atoms with van der Waals surface area (Å²) in [5.41, 5.74) is 0.424. The van der Waals surface area contributed by atoms with Crippen molar-refractivity contribution in [3.63, 3.8) is 0 Å². The predicted octanol–water partition coefficient (Wildman–Crippen LogP) is 1.85. The van der Waals surface area contributed by atoms with E-state index in [0.717, 1.165) is 0 Å². The number of aromatic carboxylic acids is 1. The third kappa shape index (κ3) is 2.29. The molecule has 68 valence electrons. The van der Waals surface area contributed by atoms with Gasteiger partial charge in [0.15, 0.2) is 16.3 Å². The number of hydrogen-bond acceptors (Lipinski definition) is 3. The molecule has 0 atom stereocenters. The lowest BCUT2D eigenvalue weighted by Crippen LogP contribution is -2.00. The number of carboxylic acid groups (broad SMARTS) is 1. The van der Waals surface area contributed by atoms with Gasteiger partial charge in [-0.3, -0.25) is 0 Å². The van der Waals surface area contributed by atoms with Gasteiger partial charge < -0.3 is 8.93 Å². The maximum absolute atomic E-state index is 10.9. The Hall–Kier alpha value is -1.36. The van der Waals surface area contributed by atoms with E-state index in [1.54, 1.807) is 0 Å². The largest absolute Gasteiger partial charge is 0.478 e. The Balaban J connectivity index is 2.93. The average Bonchev–Trinajstić information content (AvgIpc) is 2.17. The van der Waals surface area contributed by atoms with Crippen LogP contribution in [0, 0.1) is 0 Å². The second-order valence-corrected chi connectivity index (χ2v) is 2.57. The molecule has 0 aliphatic heterocycles. The molecule has 0 aromatic heterocycles. The second-order valence-electron chi connectivity index (χ2n) is 2.25. The molecule has 0 amide bonds. The van der Waals surface area contributed by atoms with Crippen LogP contribution in [0.2, 0.25) is 0 Å². The number of hydrogen-bond donors (Lipinski definition) is 1. The van der Waals surface area contributed by atoms with E-state index in [2.05, 4.69) is 20.1 Å². The summed E-state index contributed by atoms with van der Waals surface area (Å²) in [4.78, 5) is 21.3. The summed E-state index contributed by atoms with van der Waals surface area (Å²) >= 11 is 2.53. The highest BCUT2D eigenvalue weighted by molar-refractivity contribution is 9.06. The molecule has 1 rings (SSSR count). The highest BCUT2D eigenvalue weighted by atomic mass is 79.9. The first-order valence-corrected chi connectivity index (χ1v) is 3.96. The molecule has 0 bridgehead atoms. The molecule has 13 heavy (non-hydrogen) atoms. The molecule has 1 aromatic rings. The summed E-state index contributed by atoms with van der Waals surface area (Å²) in [5.74, 6) is -1.59. The van der Waals surface area contributed by atoms with Gasteiger partial charge in [-0.15, -0.1) is 0 Å². The van der Waals surface area contributed by atoms with Crippen molar-refractivity contribution < 1.29 is 18.5 Å². The first kappa shape index (κ1) is 9.73. The molecular weight excluding hydrogens is 240 g/mol. The first-order valence-electron chi connectivity index (χ1n) is 3.31. The van der Waals surface area contributed by atoms with E-state index >= 15 is 0 Å². The normalized spacial score (nSPS) is 9.31. The smallest absolute Gasteiger partial charge is 0.349 e. The fourth-order valence-electron chi connectivity index (χ4n) is 0.793. The van der Waals surface area contributed by atoms with Crippen LogP contribution >= 0.6 is 16.3 Å². The van der Waals surface area contributed by atoms with Crippen LogP contribution in [0.3, 0.4) is 0 Å². The molecule has 0 heterocycles. The van der Waals surface area contributed by atoms with Crippen LogP contribution in [0.4, 0.5) is 0 Å². The van der Waals surface area contributed by atoms with Gasteiger partial charge in [-0.1, -0.05) is 0 Å². The third-order valence-corrected chi connectivity index (χ3v) is 1.73. The SMILES string of the molecule is O=C(O)c1ccc(C(=O)OBr)cc1. The minimum atomic E-state index is -1.03. The Bertz CT molecular complexity index is 331. The molecule has 1 aromatic carbocycles. The van der Waals surface area contributed by atoms with E-state index < -0.39 is 11.9 Å². The van der Waals surface area contributed by atoms with Crippen molar-refractivity contribution in [1.29, 1.82) is 0 Å². The highest BCUT2D eigenvalue weighted by Gasteiger charge is 2.07. The maximum atomic E-state index is 10.9. The Labute approximate surface area is 82.6 Å². The van der Waals surface area contributed by atoms with Crippen molar-refractivity contribution in [3.8, 4) is 0 Å². The molecule has 0 aliphatic carbocycles. The molecular formula is C8H5BrO4. The van der Waals surface area contributed by atoms with Crippen molar-refractivity contribution >= 4 is 28.2 Å². The van der Waals surface area contributed by atoms with Crippen LogP contribution in [0.5, 0.6) is 0 Å². The quantitative estimate of drug-likeness (QED) is 0.863. The Morgan fingerprint density at radius 2 is 1.62 bits per heavy atom. The zero-order valence-corrected chi connectivity index (χ0v) is 7.95. The Morgan fingerprint density at radius 3 is 2.00 bits per heavy atom. The zero-order chi connectivity index (χ0) is 9.84. The zero-order valence-electron chi connectivity index (χ0n) is 6.36. The molecule has 1 N–H and O–H groups in total. The van der Waals surface area contributed by atoms with Crippen LogP contribution in [-0.4, -0.2) is 17.0 Å². The van der Waals surface area contributed by atoms with Gasteiger partial charge in [-0.25, -0.2) is 9.59 Å². The van der Waals surface area contributed by atoms with Gasteiger partial charge in [0.05, 0.1) is 11.1 Å². The number of carbonyl (C=O) groups is 2. The average molecular weight is 245 g/mol. The van der Waals surface area contributed by atoms with Gasteiger partial charge in [0.2, 0.25) is 0 Å². The lowest BCUT2D eigenvalue weighted by atomic mass is 10.1. The van der Waals surface area contributed by atoms with Gasteiger partial charge in [-0.05, 0) is 24.3 Å². The Morgan fingerprint density at radius 1 is 1.15 bits per heavy atom. The van der Waals surface area contributed by atoms with Gasteiger partial charge in [0, 0.05) is 0 Å². The maximum Gasteiger partial charge on any atom is 0.349 e. The number of carbonyl (C=O) groups excluding carboxylic acids is 1. The van der Waals surface area contributed by atoms with Crippen LogP contribution in [0.25, 0.3) is 0 Å². The van der Waals surface area contributed by atoms with Crippen LogP contribution in [0.1, 0.15) is 20.7 Å². The van der Waals surface area contributed by atoms with Crippen LogP contribution in [-0.2, 0) is 3.83 Å². The number of carboxylic acids is 1. The highest BCUT2D eigenvalue weighted by Crippen LogP contribution is 2.07. The molecule has 0 unspecified atom stereocenters. The number of rotatable bonds is 2. The number of halogens is 1. The van der Waals surface area contributed by atoms with Gasteiger partial charge in [0.1, 0.15) is 0 Å². The molecule has 4 nitrogen and oxygen atoms in total. The standard InChI is InChI=1S/C8H5BrO4/c9-13-8(12)6-3-1-5(2-4-6)7(10)11/h1-4H,(H,10,11). The summed E-state index contributed by atoms with van der Waals surface area (Å²) in [6.07, 6.45) is 0. The summed E-state index contributed by atoms with van der Waals surface area (Å²) in [7, 11) is 0. The van der Waals surface area contributed by atoms with E-state index in [0.29, 0.717) is 5.56 Å². The van der Waals surface area contributed by atoms with Crippen molar-refractivity contribution in [2.45, 2.75) is 0 Å². The van der Waals surface area contributed by atoms with E-state index in [1.807, 2.05) is 0 Å². The lowest BCUT2D eigenvalue weighted by molar-refractivity contribution is 0.0694. The van der Waals surface area contributed by atoms with Crippen molar-refractivity contribution in [3.05, 3.63) is 35.4 Å². The summed E-state index contributed by atoms with van der Waals surface area (Å²) in [6.45, 7) is 0. The van der Waals surface area contributed by atoms with Crippen molar-refractivity contribution in [2.75, 3.05) is 0 Å². The minimum absolute atomic E-state index is 0.131. The summed E-state index contributed by atoms with van der Waals surface area (Å²) in [5, 5.41) is 8.55. The summed E-state index contributed by atoms with van der Waals surface area (Å²) in [6, 6.07) is 5.43.